The van der Waals surface area contributed by atoms with Gasteiger partial charge in [-0.05, 0) is 68.9 Å². The fourth-order valence-corrected chi connectivity index (χ4v) is 5.79. The number of rotatable bonds is 5. The van der Waals surface area contributed by atoms with Crippen molar-refractivity contribution in [3.63, 3.8) is 0 Å². The number of aryl methyl sites for hydroxylation is 2. The Kier molecular flexibility index (Phi) is 3.90. The Morgan fingerprint density at radius 3 is 2.68 bits per heavy atom. The molecule has 0 bridgehead atoms. The molecule has 2 aliphatic rings. The van der Waals surface area contributed by atoms with Gasteiger partial charge in [-0.25, -0.2) is 18.1 Å². The number of nitrogens with zero attached hydrogens (tertiary/aromatic N) is 1. The van der Waals surface area contributed by atoms with Gasteiger partial charge < -0.3 is 0 Å². The van der Waals surface area contributed by atoms with Crippen LogP contribution in [0.15, 0.2) is 29.2 Å². The molecule has 0 radical (unpaired) electrons. The summed E-state index contributed by atoms with van der Waals surface area (Å²) in [6.07, 6.45) is 5.70. The molecule has 2 aliphatic carbocycles. The van der Waals surface area contributed by atoms with E-state index in [1.165, 1.54) is 16.0 Å². The predicted octanol–water partition coefficient (Wildman–Crippen LogP) is 3.77. The zero-order valence-electron chi connectivity index (χ0n) is 14.7. The van der Waals surface area contributed by atoms with E-state index >= 15 is 0 Å². The van der Waals surface area contributed by atoms with Gasteiger partial charge in [0, 0.05) is 16.8 Å². The van der Waals surface area contributed by atoms with Crippen molar-refractivity contribution in [2.75, 3.05) is 0 Å². The van der Waals surface area contributed by atoms with E-state index < -0.39 is 10.0 Å². The SMILES string of the molecule is Cc1nc(C)c(CC2=CCc3cc(S(=O)(=O)NC4(C)CC4)ccc32)s1. The first kappa shape index (κ1) is 16.9. The Labute approximate surface area is 153 Å². The lowest BCUT2D eigenvalue weighted by molar-refractivity contribution is 0.558. The second-order valence-corrected chi connectivity index (χ2v) is 10.3. The van der Waals surface area contributed by atoms with Crippen LogP contribution in [0.1, 0.15) is 46.5 Å². The van der Waals surface area contributed by atoms with E-state index in [0.29, 0.717) is 4.90 Å². The summed E-state index contributed by atoms with van der Waals surface area (Å²) in [6, 6.07) is 5.52. The third kappa shape index (κ3) is 3.30. The summed E-state index contributed by atoms with van der Waals surface area (Å²) >= 11 is 1.74. The van der Waals surface area contributed by atoms with Gasteiger partial charge in [-0.15, -0.1) is 11.3 Å². The number of sulfonamides is 1. The topological polar surface area (TPSA) is 59.1 Å². The monoisotopic (exact) mass is 374 g/mol. The third-order valence-corrected chi connectivity index (χ3v) is 7.74. The Morgan fingerprint density at radius 1 is 1.28 bits per heavy atom. The van der Waals surface area contributed by atoms with Gasteiger partial charge in [0.2, 0.25) is 10.0 Å². The van der Waals surface area contributed by atoms with Gasteiger partial charge in [0.05, 0.1) is 15.6 Å². The van der Waals surface area contributed by atoms with Crippen LogP contribution in [-0.2, 0) is 22.9 Å². The molecule has 1 heterocycles. The van der Waals surface area contributed by atoms with Crippen LogP contribution >= 0.6 is 11.3 Å². The smallest absolute Gasteiger partial charge is 0.241 e. The number of fused-ring (bicyclic) bond motifs is 1. The van der Waals surface area contributed by atoms with Crippen LogP contribution in [-0.4, -0.2) is 18.9 Å². The van der Waals surface area contributed by atoms with Crippen LogP contribution in [0.3, 0.4) is 0 Å². The lowest BCUT2D eigenvalue weighted by Gasteiger charge is -2.13. The zero-order valence-corrected chi connectivity index (χ0v) is 16.4. The van der Waals surface area contributed by atoms with Crippen LogP contribution in [0.2, 0.25) is 0 Å². The van der Waals surface area contributed by atoms with Crippen molar-refractivity contribution in [2.24, 2.45) is 0 Å². The van der Waals surface area contributed by atoms with Crippen LogP contribution in [0.25, 0.3) is 5.57 Å². The summed E-state index contributed by atoms with van der Waals surface area (Å²) < 4.78 is 28.0. The standard InChI is InChI=1S/C19H22N2O2S2/c1-12-18(24-13(2)20-12)11-15-5-4-14-10-16(6-7-17(14)15)25(22,23)21-19(3)8-9-19/h5-7,10,21H,4,8-9,11H2,1-3H3. The van der Waals surface area contributed by atoms with E-state index in [9.17, 15) is 8.42 Å². The molecule has 132 valence electrons. The molecule has 6 heteroatoms. The molecule has 1 aromatic carbocycles. The lowest BCUT2D eigenvalue weighted by Crippen LogP contribution is -2.34. The second-order valence-electron chi connectivity index (χ2n) is 7.34. The van der Waals surface area contributed by atoms with E-state index in [1.54, 1.807) is 17.4 Å². The van der Waals surface area contributed by atoms with Gasteiger partial charge in [0.15, 0.2) is 0 Å². The Morgan fingerprint density at radius 2 is 2.04 bits per heavy atom. The number of thiazole rings is 1. The fraction of sp³-hybridized carbons (Fsp3) is 0.421. The quantitative estimate of drug-likeness (QED) is 0.867. The molecule has 0 amide bonds. The minimum absolute atomic E-state index is 0.247. The van der Waals surface area contributed by atoms with Gasteiger partial charge in [-0.2, -0.15) is 0 Å². The average molecular weight is 375 g/mol. The summed E-state index contributed by atoms with van der Waals surface area (Å²) in [4.78, 5) is 6.16. The second kappa shape index (κ2) is 5.76. The predicted molar refractivity (Wildman–Crippen MR) is 101 cm³/mol. The van der Waals surface area contributed by atoms with Crippen LogP contribution < -0.4 is 4.72 Å². The van der Waals surface area contributed by atoms with Crippen LogP contribution in [0.4, 0.5) is 0 Å². The molecule has 0 aliphatic heterocycles. The Hall–Kier alpha value is -1.50. The fourth-order valence-electron chi connectivity index (χ4n) is 3.31. The van der Waals surface area contributed by atoms with Gasteiger partial charge in [-0.3, -0.25) is 0 Å². The van der Waals surface area contributed by atoms with Crippen molar-refractivity contribution in [1.29, 1.82) is 0 Å². The van der Waals surface area contributed by atoms with Gasteiger partial charge >= 0.3 is 0 Å². The molecule has 0 atom stereocenters. The number of benzene rings is 1. The van der Waals surface area contributed by atoms with Crippen molar-refractivity contribution >= 4 is 26.9 Å². The van der Waals surface area contributed by atoms with Crippen molar-refractivity contribution < 1.29 is 8.42 Å². The maximum absolute atomic E-state index is 12.6. The van der Waals surface area contributed by atoms with Gasteiger partial charge in [0.1, 0.15) is 0 Å². The van der Waals surface area contributed by atoms with Crippen molar-refractivity contribution in [3.05, 3.63) is 51.0 Å². The molecular weight excluding hydrogens is 352 g/mol. The molecule has 25 heavy (non-hydrogen) atoms. The highest BCUT2D eigenvalue weighted by Gasteiger charge is 2.41. The number of hydrogen-bond donors (Lipinski definition) is 1. The van der Waals surface area contributed by atoms with E-state index in [-0.39, 0.29) is 5.54 Å². The highest BCUT2D eigenvalue weighted by molar-refractivity contribution is 7.89. The summed E-state index contributed by atoms with van der Waals surface area (Å²) in [5.41, 5.74) is 4.38. The normalized spacial score (nSPS) is 18.1. The van der Waals surface area contributed by atoms with Crippen molar-refractivity contribution in [3.8, 4) is 0 Å². The minimum atomic E-state index is -3.44. The number of aromatic nitrogens is 1. The van der Waals surface area contributed by atoms with E-state index in [0.717, 1.165) is 41.9 Å². The number of allylic oxidation sites excluding steroid dienone is 2. The molecule has 2 aromatic rings. The highest BCUT2D eigenvalue weighted by atomic mass is 32.2. The summed E-state index contributed by atoms with van der Waals surface area (Å²) in [5.74, 6) is 0. The van der Waals surface area contributed by atoms with E-state index in [4.69, 9.17) is 0 Å². The van der Waals surface area contributed by atoms with Crippen molar-refractivity contribution in [1.82, 2.24) is 9.71 Å². The first-order chi connectivity index (χ1) is 11.8. The molecular formula is C19H22N2O2S2. The molecule has 1 fully saturated rings. The molecule has 0 spiro atoms. The number of hydrogen-bond acceptors (Lipinski definition) is 4. The molecule has 1 N–H and O–H groups in total. The largest absolute Gasteiger partial charge is 0.247 e. The maximum atomic E-state index is 12.6. The first-order valence-electron chi connectivity index (χ1n) is 8.55. The van der Waals surface area contributed by atoms with Gasteiger partial charge in [-0.1, -0.05) is 12.1 Å². The third-order valence-electron chi connectivity index (χ3n) is 5.03. The number of nitrogens with one attached hydrogen (secondary N) is 1. The first-order valence-corrected chi connectivity index (χ1v) is 10.8. The lowest BCUT2D eigenvalue weighted by atomic mass is 10.0. The Balaban J connectivity index is 1.58. The molecule has 0 saturated heterocycles. The summed E-state index contributed by atoms with van der Waals surface area (Å²) in [7, 11) is -3.44. The Bertz CT molecular complexity index is 983. The summed E-state index contributed by atoms with van der Waals surface area (Å²) in [5, 5.41) is 1.09. The van der Waals surface area contributed by atoms with E-state index in [2.05, 4.69) is 22.7 Å². The van der Waals surface area contributed by atoms with Crippen LogP contribution in [0.5, 0.6) is 0 Å². The molecule has 4 nitrogen and oxygen atoms in total. The average Bonchev–Trinajstić information content (AvgIpc) is 2.98. The molecule has 0 unspecified atom stereocenters. The minimum Gasteiger partial charge on any atom is -0.247 e. The molecule has 4 rings (SSSR count). The van der Waals surface area contributed by atoms with Crippen molar-refractivity contribution in [2.45, 2.75) is 56.9 Å². The molecule has 1 aromatic heterocycles. The van der Waals surface area contributed by atoms with E-state index in [1.807, 2.05) is 26.0 Å². The highest BCUT2D eigenvalue weighted by Crippen LogP contribution is 2.37. The summed E-state index contributed by atoms with van der Waals surface area (Å²) in [6.45, 7) is 6.04. The zero-order chi connectivity index (χ0) is 17.8. The van der Waals surface area contributed by atoms with Gasteiger partial charge in [0.25, 0.3) is 0 Å². The molecule has 1 saturated carbocycles. The maximum Gasteiger partial charge on any atom is 0.241 e. The van der Waals surface area contributed by atoms with Crippen LogP contribution in [0, 0.1) is 13.8 Å².